The van der Waals surface area contributed by atoms with E-state index < -0.39 is 0 Å². The molecule has 0 bridgehead atoms. The molecule has 1 aromatic carbocycles. The molecule has 0 atom stereocenters. The van der Waals surface area contributed by atoms with Crippen molar-refractivity contribution in [3.05, 3.63) is 34.3 Å². The first-order chi connectivity index (χ1) is 7.74. The van der Waals surface area contributed by atoms with Crippen molar-refractivity contribution in [2.24, 2.45) is 0 Å². The second-order valence-electron chi connectivity index (χ2n) is 3.03. The van der Waals surface area contributed by atoms with E-state index in [9.17, 15) is 4.79 Å². The highest BCUT2D eigenvalue weighted by atomic mass is 35.5. The minimum atomic E-state index is 0.530. The van der Waals surface area contributed by atoms with Gasteiger partial charge < -0.3 is 4.74 Å². The van der Waals surface area contributed by atoms with Gasteiger partial charge in [-0.2, -0.15) is 0 Å². The van der Waals surface area contributed by atoms with Crippen LogP contribution in [-0.4, -0.2) is 18.4 Å². The molecule has 82 valence electrons. The number of benzene rings is 1. The molecule has 0 radical (unpaired) electrons. The molecule has 0 N–H and O–H groups in total. The van der Waals surface area contributed by atoms with Gasteiger partial charge >= 0.3 is 0 Å². The van der Waals surface area contributed by atoms with Gasteiger partial charge in [-0.25, -0.2) is 4.98 Å². The van der Waals surface area contributed by atoms with Gasteiger partial charge in [-0.15, -0.1) is 11.3 Å². The largest absolute Gasteiger partial charge is 0.495 e. The molecule has 0 aliphatic carbocycles. The van der Waals surface area contributed by atoms with E-state index in [4.69, 9.17) is 16.3 Å². The molecule has 2 rings (SSSR count). The van der Waals surface area contributed by atoms with Crippen LogP contribution >= 0.6 is 22.9 Å². The maximum Gasteiger partial charge on any atom is 0.161 e. The molecule has 0 fully saturated rings. The summed E-state index contributed by atoms with van der Waals surface area (Å²) in [5, 5.41) is 1.30. The summed E-state index contributed by atoms with van der Waals surface area (Å²) < 4.78 is 5.06. The molecule has 0 amide bonds. The predicted octanol–water partition coefficient (Wildman–Crippen LogP) is 3.28. The van der Waals surface area contributed by atoms with Crippen molar-refractivity contribution in [3.8, 4) is 16.3 Å². The maximum absolute atomic E-state index is 10.5. The fourth-order valence-electron chi connectivity index (χ4n) is 1.27. The van der Waals surface area contributed by atoms with Crippen LogP contribution in [0.15, 0.2) is 24.4 Å². The molecule has 0 spiro atoms. The molecular weight excluding hydrogens is 246 g/mol. The van der Waals surface area contributed by atoms with Gasteiger partial charge in [-0.1, -0.05) is 11.6 Å². The second kappa shape index (κ2) is 4.63. The summed E-state index contributed by atoms with van der Waals surface area (Å²) in [5.41, 5.74) is 0.879. The highest BCUT2D eigenvalue weighted by molar-refractivity contribution is 7.16. The minimum absolute atomic E-state index is 0.530. The molecule has 0 saturated carbocycles. The third-order valence-electron chi connectivity index (χ3n) is 2.04. The lowest BCUT2D eigenvalue weighted by Gasteiger charge is -2.03. The van der Waals surface area contributed by atoms with E-state index in [-0.39, 0.29) is 0 Å². The summed E-state index contributed by atoms with van der Waals surface area (Å²) >= 11 is 7.33. The number of carbonyl (C=O) groups is 1. The van der Waals surface area contributed by atoms with E-state index in [1.165, 1.54) is 11.3 Å². The summed E-state index contributed by atoms with van der Waals surface area (Å²) in [6, 6.07) is 5.41. The Morgan fingerprint density at radius 2 is 2.31 bits per heavy atom. The number of rotatable bonds is 3. The average Bonchev–Trinajstić information content (AvgIpc) is 2.77. The van der Waals surface area contributed by atoms with Crippen LogP contribution in [0.2, 0.25) is 5.02 Å². The van der Waals surface area contributed by atoms with Crippen molar-refractivity contribution in [2.45, 2.75) is 0 Å². The summed E-state index contributed by atoms with van der Waals surface area (Å²) in [4.78, 5) is 15.3. The van der Waals surface area contributed by atoms with Crippen LogP contribution in [0.25, 0.3) is 10.6 Å². The van der Waals surface area contributed by atoms with Gasteiger partial charge in [0.05, 0.1) is 17.0 Å². The van der Waals surface area contributed by atoms with Crippen molar-refractivity contribution in [1.29, 1.82) is 0 Å². The first-order valence-corrected chi connectivity index (χ1v) is 5.69. The number of hydrogen-bond donors (Lipinski definition) is 0. The molecule has 1 aromatic heterocycles. The number of carbonyl (C=O) groups excluding carboxylic acids is 1. The first kappa shape index (κ1) is 11.1. The van der Waals surface area contributed by atoms with E-state index in [1.807, 2.05) is 6.07 Å². The molecule has 16 heavy (non-hydrogen) atoms. The molecule has 0 unspecified atom stereocenters. The monoisotopic (exact) mass is 253 g/mol. The van der Waals surface area contributed by atoms with Crippen molar-refractivity contribution in [3.63, 3.8) is 0 Å². The number of methoxy groups -OCH3 is 1. The van der Waals surface area contributed by atoms with Crippen LogP contribution in [0.1, 0.15) is 9.67 Å². The van der Waals surface area contributed by atoms with E-state index in [0.717, 1.165) is 16.9 Å². The van der Waals surface area contributed by atoms with Crippen molar-refractivity contribution in [1.82, 2.24) is 4.98 Å². The molecule has 1 heterocycles. The quantitative estimate of drug-likeness (QED) is 0.788. The van der Waals surface area contributed by atoms with Crippen LogP contribution in [0.4, 0.5) is 0 Å². The van der Waals surface area contributed by atoms with Crippen LogP contribution in [0.5, 0.6) is 5.75 Å². The number of thiazole rings is 1. The van der Waals surface area contributed by atoms with Crippen molar-refractivity contribution in [2.75, 3.05) is 7.11 Å². The molecule has 2 aromatic rings. The fourth-order valence-corrected chi connectivity index (χ4v) is 2.26. The Hall–Kier alpha value is -1.39. The molecule has 3 nitrogen and oxygen atoms in total. The Balaban J connectivity index is 2.40. The van der Waals surface area contributed by atoms with E-state index in [0.29, 0.717) is 15.6 Å². The highest BCUT2D eigenvalue weighted by Crippen LogP contribution is 2.31. The topological polar surface area (TPSA) is 39.2 Å². The SMILES string of the molecule is COc1ccc(-c2ncc(C=O)s2)cc1Cl. The van der Waals surface area contributed by atoms with Gasteiger partial charge in [0.1, 0.15) is 10.8 Å². The summed E-state index contributed by atoms with van der Waals surface area (Å²) in [6.45, 7) is 0. The van der Waals surface area contributed by atoms with Gasteiger partial charge in [0.15, 0.2) is 6.29 Å². The van der Waals surface area contributed by atoms with Crippen LogP contribution in [0.3, 0.4) is 0 Å². The average molecular weight is 254 g/mol. The van der Waals surface area contributed by atoms with Gasteiger partial charge in [-0.3, -0.25) is 4.79 Å². The van der Waals surface area contributed by atoms with Gasteiger partial charge in [0, 0.05) is 11.8 Å². The van der Waals surface area contributed by atoms with Crippen molar-refractivity contribution < 1.29 is 9.53 Å². The summed E-state index contributed by atoms with van der Waals surface area (Å²) in [6.07, 6.45) is 2.33. The molecule has 0 aliphatic heterocycles. The smallest absolute Gasteiger partial charge is 0.161 e. The van der Waals surface area contributed by atoms with Gasteiger partial charge in [-0.05, 0) is 18.2 Å². The van der Waals surface area contributed by atoms with Gasteiger partial charge in [0.25, 0.3) is 0 Å². The summed E-state index contributed by atoms with van der Waals surface area (Å²) in [5.74, 6) is 0.623. The molecular formula is C11H8ClNO2S. The Kier molecular flexibility index (Phi) is 3.22. The lowest BCUT2D eigenvalue weighted by atomic mass is 10.2. The van der Waals surface area contributed by atoms with Crippen LogP contribution in [0, 0.1) is 0 Å². The zero-order valence-electron chi connectivity index (χ0n) is 8.44. The molecule has 0 aliphatic rings. The van der Waals surface area contributed by atoms with Crippen LogP contribution in [-0.2, 0) is 0 Å². The Morgan fingerprint density at radius 1 is 1.50 bits per heavy atom. The van der Waals surface area contributed by atoms with E-state index >= 15 is 0 Å². The highest BCUT2D eigenvalue weighted by Gasteiger charge is 2.07. The zero-order valence-corrected chi connectivity index (χ0v) is 10.0. The summed E-state index contributed by atoms with van der Waals surface area (Å²) in [7, 11) is 1.56. The molecule has 5 heteroatoms. The first-order valence-electron chi connectivity index (χ1n) is 4.49. The maximum atomic E-state index is 10.5. The fraction of sp³-hybridized carbons (Fsp3) is 0.0909. The number of halogens is 1. The van der Waals surface area contributed by atoms with Gasteiger partial charge in [0.2, 0.25) is 0 Å². The zero-order chi connectivity index (χ0) is 11.5. The third-order valence-corrected chi connectivity index (χ3v) is 3.31. The number of hydrogen-bond acceptors (Lipinski definition) is 4. The minimum Gasteiger partial charge on any atom is -0.495 e. The Bertz CT molecular complexity index is 524. The Labute approximate surface area is 102 Å². The second-order valence-corrected chi connectivity index (χ2v) is 4.50. The van der Waals surface area contributed by atoms with E-state index in [1.54, 1.807) is 25.4 Å². The van der Waals surface area contributed by atoms with Crippen LogP contribution < -0.4 is 4.74 Å². The number of nitrogens with zero attached hydrogens (tertiary/aromatic N) is 1. The number of aldehydes is 1. The normalized spacial score (nSPS) is 10.1. The molecule has 0 saturated heterocycles. The third kappa shape index (κ3) is 2.08. The number of ether oxygens (including phenoxy) is 1. The standard InChI is InChI=1S/C11H8ClNO2S/c1-15-10-3-2-7(4-9(10)12)11-13-5-8(6-14)16-11/h2-6H,1H3. The Morgan fingerprint density at radius 3 is 2.88 bits per heavy atom. The lowest BCUT2D eigenvalue weighted by Crippen LogP contribution is -1.84. The van der Waals surface area contributed by atoms with E-state index in [2.05, 4.69) is 4.98 Å². The predicted molar refractivity (Wildman–Crippen MR) is 64.5 cm³/mol. The van der Waals surface area contributed by atoms with Crippen molar-refractivity contribution >= 4 is 29.2 Å². The number of aromatic nitrogens is 1. The lowest BCUT2D eigenvalue weighted by molar-refractivity contribution is 0.112.